The SMILES string of the molecule is CCCCC(Cl)(C(=O)C(Cl)(CCCC)c1ccccc1)c1ccccc1. The van der Waals surface area contributed by atoms with Crippen molar-refractivity contribution in [2.45, 2.75) is 62.1 Å². The van der Waals surface area contributed by atoms with E-state index < -0.39 is 9.75 Å². The van der Waals surface area contributed by atoms with E-state index in [1.807, 2.05) is 60.7 Å². The Kier molecular flexibility index (Phi) is 7.73. The Balaban J connectivity index is 2.52. The van der Waals surface area contributed by atoms with E-state index in [1.54, 1.807) is 0 Å². The molecule has 0 bridgehead atoms. The third kappa shape index (κ3) is 4.50. The first-order chi connectivity index (χ1) is 12.5. The van der Waals surface area contributed by atoms with Gasteiger partial charge >= 0.3 is 0 Å². The molecule has 0 heterocycles. The van der Waals surface area contributed by atoms with E-state index in [9.17, 15) is 4.79 Å². The second-order valence-corrected chi connectivity index (χ2v) is 8.16. The second kappa shape index (κ2) is 9.58. The second-order valence-electron chi connectivity index (χ2n) is 6.87. The van der Waals surface area contributed by atoms with E-state index in [2.05, 4.69) is 13.8 Å². The normalized spacial score (nSPS) is 15.8. The summed E-state index contributed by atoms with van der Waals surface area (Å²) < 4.78 is 0. The van der Waals surface area contributed by atoms with E-state index in [-0.39, 0.29) is 5.78 Å². The molecule has 2 atom stereocenters. The van der Waals surface area contributed by atoms with Crippen LogP contribution in [0.2, 0.25) is 0 Å². The predicted octanol–water partition coefficient (Wildman–Crippen LogP) is 7.20. The topological polar surface area (TPSA) is 17.1 Å². The highest BCUT2D eigenvalue weighted by Crippen LogP contribution is 2.46. The van der Waals surface area contributed by atoms with Crippen LogP contribution in [0.25, 0.3) is 0 Å². The molecule has 0 aliphatic rings. The molecular weight excluding hydrogens is 363 g/mol. The third-order valence-corrected chi connectivity index (χ3v) is 6.09. The first-order valence-electron chi connectivity index (χ1n) is 9.52. The van der Waals surface area contributed by atoms with Gasteiger partial charge in [0, 0.05) is 0 Å². The van der Waals surface area contributed by atoms with Crippen LogP contribution in [-0.2, 0) is 14.5 Å². The van der Waals surface area contributed by atoms with Crippen molar-refractivity contribution in [2.75, 3.05) is 0 Å². The zero-order valence-corrected chi connectivity index (χ0v) is 17.2. The number of ketones is 1. The summed E-state index contributed by atoms with van der Waals surface area (Å²) in [7, 11) is 0. The molecule has 140 valence electrons. The van der Waals surface area contributed by atoms with Gasteiger partial charge in [0.25, 0.3) is 0 Å². The van der Waals surface area contributed by atoms with Crippen molar-refractivity contribution in [3.8, 4) is 0 Å². The van der Waals surface area contributed by atoms with E-state index in [0.717, 1.165) is 36.8 Å². The van der Waals surface area contributed by atoms with E-state index in [1.165, 1.54) is 0 Å². The maximum absolute atomic E-state index is 13.8. The Bertz CT molecular complexity index is 626. The van der Waals surface area contributed by atoms with Crippen molar-refractivity contribution in [1.82, 2.24) is 0 Å². The molecule has 3 heteroatoms. The number of carbonyl (C=O) groups excluding carboxylic acids is 1. The molecule has 0 saturated carbocycles. The van der Waals surface area contributed by atoms with Crippen LogP contribution in [0.1, 0.15) is 63.5 Å². The summed E-state index contributed by atoms with van der Waals surface area (Å²) in [5, 5.41) is 0. The lowest BCUT2D eigenvalue weighted by atomic mass is 9.77. The molecule has 0 aromatic heterocycles. The summed E-state index contributed by atoms with van der Waals surface area (Å²) >= 11 is 14.1. The average molecular weight is 391 g/mol. The summed E-state index contributed by atoms with van der Waals surface area (Å²) in [6.07, 6.45) is 4.87. The molecular formula is C23H28Cl2O. The monoisotopic (exact) mass is 390 g/mol. The lowest BCUT2D eigenvalue weighted by molar-refractivity contribution is -0.125. The van der Waals surface area contributed by atoms with Gasteiger partial charge in [0.15, 0.2) is 5.78 Å². The van der Waals surface area contributed by atoms with Crippen LogP contribution in [0.4, 0.5) is 0 Å². The molecule has 2 rings (SSSR count). The first-order valence-corrected chi connectivity index (χ1v) is 10.3. The number of carbonyl (C=O) groups is 1. The number of alkyl halides is 2. The average Bonchev–Trinajstić information content (AvgIpc) is 2.71. The Morgan fingerprint density at radius 1 is 0.731 bits per heavy atom. The molecule has 26 heavy (non-hydrogen) atoms. The highest BCUT2D eigenvalue weighted by Gasteiger charge is 2.49. The molecule has 0 fully saturated rings. The molecule has 0 amide bonds. The lowest BCUT2D eigenvalue weighted by Crippen LogP contribution is -2.43. The van der Waals surface area contributed by atoms with Gasteiger partial charge in [-0.1, -0.05) is 100 Å². The van der Waals surface area contributed by atoms with Gasteiger partial charge in [-0.25, -0.2) is 0 Å². The van der Waals surface area contributed by atoms with Crippen molar-refractivity contribution in [1.29, 1.82) is 0 Å². The zero-order valence-electron chi connectivity index (χ0n) is 15.7. The van der Waals surface area contributed by atoms with E-state index in [0.29, 0.717) is 12.8 Å². The van der Waals surface area contributed by atoms with Gasteiger partial charge in [0.2, 0.25) is 0 Å². The Hall–Kier alpha value is -1.31. The molecule has 0 saturated heterocycles. The van der Waals surface area contributed by atoms with Gasteiger partial charge < -0.3 is 0 Å². The number of Topliss-reactive ketones (excluding diaryl/α,β-unsaturated/α-hetero) is 1. The van der Waals surface area contributed by atoms with Gasteiger partial charge in [-0.2, -0.15) is 0 Å². The van der Waals surface area contributed by atoms with Gasteiger partial charge in [-0.3, -0.25) is 4.79 Å². The zero-order chi connectivity index (χ0) is 19.0. The fourth-order valence-electron chi connectivity index (χ4n) is 3.34. The minimum atomic E-state index is -1.11. The first kappa shape index (κ1) is 21.0. The summed E-state index contributed by atoms with van der Waals surface area (Å²) in [5.74, 6) is -0.104. The molecule has 0 aliphatic heterocycles. The minimum absolute atomic E-state index is 0.104. The standard InChI is InChI=1S/C23H28Cl2O/c1-3-5-17-22(24,19-13-9-7-10-14-19)21(26)23(25,18-6-4-2)20-15-11-8-12-16-20/h7-16H,3-6,17-18H2,1-2H3. The largest absolute Gasteiger partial charge is 0.295 e. The fourth-order valence-corrected chi connectivity index (χ4v) is 4.23. The number of unbranched alkanes of at least 4 members (excludes halogenated alkanes) is 2. The van der Waals surface area contributed by atoms with Crippen LogP contribution < -0.4 is 0 Å². The number of hydrogen-bond donors (Lipinski definition) is 0. The van der Waals surface area contributed by atoms with E-state index >= 15 is 0 Å². The van der Waals surface area contributed by atoms with Gasteiger partial charge in [0.1, 0.15) is 9.75 Å². The van der Waals surface area contributed by atoms with E-state index in [4.69, 9.17) is 23.2 Å². The highest BCUT2D eigenvalue weighted by atomic mass is 35.5. The van der Waals surface area contributed by atoms with Crippen molar-refractivity contribution >= 4 is 29.0 Å². The number of hydrogen-bond acceptors (Lipinski definition) is 1. The molecule has 1 nitrogen and oxygen atoms in total. The molecule has 2 aromatic carbocycles. The van der Waals surface area contributed by atoms with Crippen molar-refractivity contribution in [3.05, 3.63) is 71.8 Å². The maximum Gasteiger partial charge on any atom is 0.183 e. The van der Waals surface area contributed by atoms with Crippen LogP contribution in [0, 0.1) is 0 Å². The quantitative estimate of drug-likeness (QED) is 0.391. The highest BCUT2D eigenvalue weighted by molar-refractivity contribution is 6.44. The van der Waals surface area contributed by atoms with Crippen LogP contribution >= 0.6 is 23.2 Å². The summed E-state index contributed by atoms with van der Waals surface area (Å²) in [4.78, 5) is 11.6. The van der Waals surface area contributed by atoms with Crippen LogP contribution in [0.3, 0.4) is 0 Å². The smallest absolute Gasteiger partial charge is 0.183 e. The van der Waals surface area contributed by atoms with Gasteiger partial charge in [0.05, 0.1) is 0 Å². The Labute approximate surface area is 167 Å². The molecule has 2 aromatic rings. The summed E-state index contributed by atoms with van der Waals surface area (Å²) in [5.41, 5.74) is 1.66. The summed E-state index contributed by atoms with van der Waals surface area (Å²) in [6, 6.07) is 19.3. The van der Waals surface area contributed by atoms with Crippen molar-refractivity contribution in [3.63, 3.8) is 0 Å². The fraction of sp³-hybridized carbons (Fsp3) is 0.435. The Morgan fingerprint density at radius 2 is 1.08 bits per heavy atom. The summed E-state index contributed by atoms with van der Waals surface area (Å²) in [6.45, 7) is 4.21. The number of rotatable bonds is 10. The molecule has 2 unspecified atom stereocenters. The third-order valence-electron chi connectivity index (χ3n) is 4.93. The van der Waals surface area contributed by atoms with Gasteiger partial charge in [-0.05, 0) is 24.0 Å². The molecule has 0 aliphatic carbocycles. The number of halogens is 2. The van der Waals surface area contributed by atoms with Crippen LogP contribution in [0.15, 0.2) is 60.7 Å². The van der Waals surface area contributed by atoms with Gasteiger partial charge in [-0.15, -0.1) is 23.2 Å². The lowest BCUT2D eigenvalue weighted by Gasteiger charge is -2.36. The van der Waals surface area contributed by atoms with Crippen molar-refractivity contribution < 1.29 is 4.79 Å². The van der Waals surface area contributed by atoms with Crippen LogP contribution in [-0.4, -0.2) is 5.78 Å². The molecule has 0 N–H and O–H groups in total. The minimum Gasteiger partial charge on any atom is -0.295 e. The molecule has 0 radical (unpaired) electrons. The van der Waals surface area contributed by atoms with Crippen molar-refractivity contribution in [2.24, 2.45) is 0 Å². The van der Waals surface area contributed by atoms with Crippen LogP contribution in [0.5, 0.6) is 0 Å². The number of benzene rings is 2. The Morgan fingerprint density at radius 3 is 1.38 bits per heavy atom. The predicted molar refractivity (Wildman–Crippen MR) is 112 cm³/mol. The molecule has 0 spiro atoms. The maximum atomic E-state index is 13.8.